The topological polar surface area (TPSA) is 62.6 Å². The first-order chi connectivity index (χ1) is 14.7. The Morgan fingerprint density at radius 2 is 1.77 bits per heavy atom. The van der Waals surface area contributed by atoms with E-state index in [1.807, 2.05) is 19.9 Å². The number of nitrogens with zero attached hydrogens (tertiary/aromatic N) is 3. The number of rotatable bonds is 6. The maximum Gasteiger partial charge on any atom is 0.178 e. The third-order valence-corrected chi connectivity index (χ3v) is 8.38. The fourth-order valence-corrected chi connectivity index (χ4v) is 6.50. The van der Waals surface area contributed by atoms with Gasteiger partial charge in [0.15, 0.2) is 15.6 Å². The lowest BCUT2D eigenvalue weighted by molar-refractivity contribution is 0.0795. The summed E-state index contributed by atoms with van der Waals surface area (Å²) in [5.41, 5.74) is 3.68. The molecule has 1 atom stereocenters. The Morgan fingerprint density at radius 1 is 1.10 bits per heavy atom. The van der Waals surface area contributed by atoms with Crippen LogP contribution in [0.1, 0.15) is 33.7 Å². The van der Waals surface area contributed by atoms with Gasteiger partial charge < -0.3 is 4.57 Å². The molecule has 168 valence electrons. The number of ketones is 1. The van der Waals surface area contributed by atoms with Crippen LogP contribution >= 0.6 is 0 Å². The first-order valence-corrected chi connectivity index (χ1v) is 12.7. The number of benzene rings is 1. The number of sulfone groups is 1. The Bertz CT molecular complexity index is 1050. The van der Waals surface area contributed by atoms with Gasteiger partial charge in [-0.05, 0) is 44.0 Å². The van der Waals surface area contributed by atoms with Crippen LogP contribution in [0.5, 0.6) is 0 Å². The molecule has 4 rings (SSSR count). The Morgan fingerprint density at radius 3 is 2.39 bits per heavy atom. The van der Waals surface area contributed by atoms with Crippen LogP contribution in [0.3, 0.4) is 0 Å². The second-order valence-electron chi connectivity index (χ2n) is 8.79. The van der Waals surface area contributed by atoms with Gasteiger partial charge in [0.25, 0.3) is 0 Å². The zero-order valence-electron chi connectivity index (χ0n) is 18.2. The lowest BCUT2D eigenvalue weighted by atomic mass is 10.1. The smallest absolute Gasteiger partial charge is 0.178 e. The minimum Gasteiger partial charge on any atom is -0.344 e. The van der Waals surface area contributed by atoms with Gasteiger partial charge in [-0.15, -0.1) is 0 Å². The van der Waals surface area contributed by atoms with Crippen molar-refractivity contribution in [1.29, 1.82) is 0 Å². The molecule has 0 N–H and O–H groups in total. The summed E-state index contributed by atoms with van der Waals surface area (Å²) in [7, 11) is -2.88. The van der Waals surface area contributed by atoms with Crippen molar-refractivity contribution in [3.63, 3.8) is 0 Å². The second kappa shape index (κ2) is 8.84. The molecule has 6 nitrogen and oxygen atoms in total. The molecule has 1 aromatic heterocycles. The molecule has 2 fully saturated rings. The molecule has 0 spiro atoms. The fourth-order valence-electron chi connectivity index (χ4n) is 4.74. The summed E-state index contributed by atoms with van der Waals surface area (Å²) < 4.78 is 38.8. The van der Waals surface area contributed by atoms with Gasteiger partial charge in [-0.1, -0.05) is 12.1 Å². The molecule has 1 aromatic carbocycles. The zero-order chi connectivity index (χ0) is 22.2. The quantitative estimate of drug-likeness (QED) is 0.636. The van der Waals surface area contributed by atoms with E-state index in [1.54, 1.807) is 12.1 Å². The van der Waals surface area contributed by atoms with E-state index in [0.29, 0.717) is 18.8 Å². The number of aromatic nitrogens is 1. The minimum atomic E-state index is -2.88. The molecular weight excluding hydrogens is 417 g/mol. The molecule has 2 saturated heterocycles. The van der Waals surface area contributed by atoms with Crippen molar-refractivity contribution < 1.29 is 17.6 Å². The molecule has 0 bridgehead atoms. The molecule has 0 amide bonds. The highest BCUT2D eigenvalue weighted by molar-refractivity contribution is 7.91. The Labute approximate surface area is 183 Å². The second-order valence-corrected chi connectivity index (χ2v) is 11.0. The summed E-state index contributed by atoms with van der Waals surface area (Å²) in [6.45, 7) is 8.08. The van der Waals surface area contributed by atoms with E-state index in [1.165, 1.54) is 12.1 Å². The number of aryl methyl sites for hydroxylation is 1. The number of hydrogen-bond donors (Lipinski definition) is 0. The highest BCUT2D eigenvalue weighted by Gasteiger charge is 2.34. The maximum absolute atomic E-state index is 13.2. The Balaban J connectivity index is 1.35. The normalized spacial score (nSPS) is 22.1. The molecule has 31 heavy (non-hydrogen) atoms. The van der Waals surface area contributed by atoms with Crippen LogP contribution in [0.2, 0.25) is 0 Å². The van der Waals surface area contributed by atoms with Gasteiger partial charge in [0.05, 0.1) is 18.1 Å². The van der Waals surface area contributed by atoms with E-state index in [-0.39, 0.29) is 23.4 Å². The van der Waals surface area contributed by atoms with E-state index < -0.39 is 9.84 Å². The molecule has 8 heteroatoms. The van der Waals surface area contributed by atoms with Crippen LogP contribution in [-0.2, 0) is 16.4 Å². The first-order valence-electron chi connectivity index (χ1n) is 10.8. The molecule has 2 aliphatic rings. The minimum absolute atomic E-state index is 0.107. The van der Waals surface area contributed by atoms with Gasteiger partial charge in [0.2, 0.25) is 0 Å². The third kappa shape index (κ3) is 5.07. The van der Waals surface area contributed by atoms with E-state index in [4.69, 9.17) is 0 Å². The van der Waals surface area contributed by atoms with Crippen LogP contribution < -0.4 is 0 Å². The molecule has 2 aromatic rings. The maximum atomic E-state index is 13.2. The third-order valence-electron chi connectivity index (χ3n) is 6.63. The molecule has 0 aliphatic carbocycles. The average molecular weight is 448 g/mol. The van der Waals surface area contributed by atoms with Crippen molar-refractivity contribution in [2.45, 2.75) is 32.9 Å². The van der Waals surface area contributed by atoms with Crippen molar-refractivity contribution in [3.8, 4) is 0 Å². The Hall–Kier alpha value is -2.03. The van der Waals surface area contributed by atoms with Gasteiger partial charge in [0, 0.05) is 55.7 Å². The predicted octanol–water partition coefficient (Wildman–Crippen LogP) is 2.28. The summed E-state index contributed by atoms with van der Waals surface area (Å²) >= 11 is 0. The number of piperazine rings is 1. The molecule has 3 heterocycles. The number of hydrogen-bond acceptors (Lipinski definition) is 5. The van der Waals surface area contributed by atoms with Gasteiger partial charge in [-0.25, -0.2) is 12.8 Å². The zero-order valence-corrected chi connectivity index (χ0v) is 19.0. The lowest BCUT2D eigenvalue weighted by Gasteiger charge is -2.37. The lowest BCUT2D eigenvalue weighted by Crippen LogP contribution is -2.51. The highest BCUT2D eigenvalue weighted by atomic mass is 32.2. The summed E-state index contributed by atoms with van der Waals surface area (Å²) in [6.07, 6.45) is 0.724. The van der Waals surface area contributed by atoms with E-state index in [0.717, 1.165) is 55.1 Å². The van der Waals surface area contributed by atoms with Gasteiger partial charge in [-0.3, -0.25) is 14.6 Å². The van der Waals surface area contributed by atoms with E-state index in [2.05, 4.69) is 14.4 Å². The summed E-state index contributed by atoms with van der Waals surface area (Å²) in [5, 5.41) is 0. The standard InChI is InChI=1S/C23H30FN3O3S/c1-17-13-22(18(2)27(17)14-19-3-5-20(24)6-4-19)23(28)15-25-8-10-26(11-9-25)21-7-12-31(29,30)16-21/h3-6,13,21H,7-12,14-16H2,1-2H3. The molecule has 0 saturated carbocycles. The largest absolute Gasteiger partial charge is 0.344 e. The summed E-state index contributed by atoms with van der Waals surface area (Å²) in [4.78, 5) is 17.4. The number of carbonyl (C=O) groups excluding carboxylic acids is 1. The monoisotopic (exact) mass is 447 g/mol. The number of Topliss-reactive ketones (excluding diaryl/α,β-unsaturated/α-hetero) is 1. The van der Waals surface area contributed by atoms with Gasteiger partial charge in [-0.2, -0.15) is 0 Å². The average Bonchev–Trinajstić information content (AvgIpc) is 3.24. The van der Waals surface area contributed by atoms with E-state index >= 15 is 0 Å². The first kappa shape index (κ1) is 22.2. The van der Waals surface area contributed by atoms with Crippen molar-refractivity contribution >= 4 is 15.6 Å². The van der Waals surface area contributed by atoms with Crippen LogP contribution in [-0.4, -0.2) is 78.8 Å². The summed E-state index contributed by atoms with van der Waals surface area (Å²) in [5.74, 6) is 0.418. The fraction of sp³-hybridized carbons (Fsp3) is 0.522. The van der Waals surface area contributed by atoms with Crippen LogP contribution in [0.4, 0.5) is 4.39 Å². The van der Waals surface area contributed by atoms with Crippen LogP contribution in [0, 0.1) is 19.7 Å². The SMILES string of the molecule is Cc1cc(C(=O)CN2CCN(C3CCS(=O)(=O)C3)CC2)c(C)n1Cc1ccc(F)cc1. The van der Waals surface area contributed by atoms with Crippen molar-refractivity contribution in [3.05, 3.63) is 58.7 Å². The van der Waals surface area contributed by atoms with Gasteiger partial charge >= 0.3 is 0 Å². The van der Waals surface area contributed by atoms with Gasteiger partial charge in [0.1, 0.15) is 5.82 Å². The predicted molar refractivity (Wildman–Crippen MR) is 119 cm³/mol. The molecule has 1 unspecified atom stereocenters. The highest BCUT2D eigenvalue weighted by Crippen LogP contribution is 2.21. The van der Waals surface area contributed by atoms with Crippen molar-refractivity contribution in [2.24, 2.45) is 0 Å². The summed E-state index contributed by atoms with van der Waals surface area (Å²) in [6, 6.07) is 8.52. The number of carbonyl (C=O) groups is 1. The van der Waals surface area contributed by atoms with Crippen molar-refractivity contribution in [2.75, 3.05) is 44.2 Å². The van der Waals surface area contributed by atoms with Crippen molar-refractivity contribution in [1.82, 2.24) is 14.4 Å². The molecular formula is C23H30FN3O3S. The van der Waals surface area contributed by atoms with Crippen LogP contribution in [0.25, 0.3) is 0 Å². The van der Waals surface area contributed by atoms with Crippen LogP contribution in [0.15, 0.2) is 30.3 Å². The number of halogens is 1. The molecule has 2 aliphatic heterocycles. The molecule has 0 radical (unpaired) electrons. The van der Waals surface area contributed by atoms with E-state index in [9.17, 15) is 17.6 Å². The Kier molecular flexibility index (Phi) is 6.32.